The molecule has 3 aromatic rings. The Bertz CT molecular complexity index is 1000. The van der Waals surface area contributed by atoms with Crippen molar-refractivity contribution in [1.29, 1.82) is 0 Å². The van der Waals surface area contributed by atoms with E-state index in [1.54, 1.807) is 36.4 Å². The molecule has 0 saturated heterocycles. The van der Waals surface area contributed by atoms with E-state index in [9.17, 15) is 9.59 Å². The molecular weight excluding hydrogens is 354 g/mol. The number of fused-ring (bicyclic) bond motifs is 1. The summed E-state index contributed by atoms with van der Waals surface area (Å²) in [6.07, 6.45) is 1.34. The van der Waals surface area contributed by atoms with Gasteiger partial charge in [0.15, 0.2) is 0 Å². The number of aromatic amines is 1. The van der Waals surface area contributed by atoms with Crippen molar-refractivity contribution in [3.8, 4) is 5.75 Å². The number of nitrogens with zero attached hydrogens (tertiary/aromatic N) is 1. The number of methoxy groups -OCH3 is 1. The van der Waals surface area contributed by atoms with Crippen molar-refractivity contribution in [2.45, 2.75) is 19.3 Å². The number of aromatic nitrogens is 2. The zero-order valence-corrected chi connectivity index (χ0v) is 15.0. The van der Waals surface area contributed by atoms with Gasteiger partial charge in [-0.25, -0.2) is 4.98 Å². The Labute approximate surface area is 155 Å². The Hall–Kier alpha value is -2.86. The molecule has 0 bridgehead atoms. The van der Waals surface area contributed by atoms with Crippen molar-refractivity contribution in [2.24, 2.45) is 0 Å². The molecular formula is C19H18ClN3O3. The molecule has 6 nitrogen and oxygen atoms in total. The van der Waals surface area contributed by atoms with Crippen LogP contribution in [0.4, 0.5) is 5.69 Å². The molecule has 0 fully saturated rings. The lowest BCUT2D eigenvalue weighted by Gasteiger charge is -2.10. The first-order valence-corrected chi connectivity index (χ1v) is 8.56. The fraction of sp³-hybridized carbons (Fsp3) is 0.211. The molecule has 1 aromatic heterocycles. The Balaban J connectivity index is 1.61. The van der Waals surface area contributed by atoms with Crippen molar-refractivity contribution in [2.75, 3.05) is 12.4 Å². The van der Waals surface area contributed by atoms with Gasteiger partial charge in [0, 0.05) is 17.9 Å². The fourth-order valence-corrected chi connectivity index (χ4v) is 2.83. The first-order chi connectivity index (χ1) is 12.6. The van der Waals surface area contributed by atoms with Gasteiger partial charge in [0.1, 0.15) is 11.6 Å². The van der Waals surface area contributed by atoms with Gasteiger partial charge >= 0.3 is 0 Å². The number of carbonyl (C=O) groups is 1. The Morgan fingerprint density at radius 3 is 2.88 bits per heavy atom. The monoisotopic (exact) mass is 371 g/mol. The number of amides is 1. The quantitative estimate of drug-likeness (QED) is 0.694. The number of anilines is 1. The molecule has 0 aliphatic rings. The molecule has 2 N–H and O–H groups in total. The fourth-order valence-electron chi connectivity index (χ4n) is 2.66. The van der Waals surface area contributed by atoms with Crippen LogP contribution in [-0.4, -0.2) is 23.0 Å². The highest BCUT2D eigenvalue weighted by Crippen LogP contribution is 2.27. The van der Waals surface area contributed by atoms with E-state index in [1.807, 2.05) is 6.07 Å². The maximum absolute atomic E-state index is 12.2. The van der Waals surface area contributed by atoms with Gasteiger partial charge in [-0.2, -0.15) is 0 Å². The van der Waals surface area contributed by atoms with Crippen LogP contribution in [0.2, 0.25) is 5.02 Å². The van der Waals surface area contributed by atoms with Crippen molar-refractivity contribution < 1.29 is 9.53 Å². The summed E-state index contributed by atoms with van der Waals surface area (Å²) in [5.41, 5.74) is 1.01. The zero-order chi connectivity index (χ0) is 18.5. The van der Waals surface area contributed by atoms with Gasteiger partial charge in [0.25, 0.3) is 5.56 Å². The van der Waals surface area contributed by atoms with Gasteiger partial charge in [-0.1, -0.05) is 23.7 Å². The summed E-state index contributed by atoms with van der Waals surface area (Å²) in [5.74, 6) is 0.957. The zero-order valence-electron chi connectivity index (χ0n) is 14.2. The van der Waals surface area contributed by atoms with Gasteiger partial charge in [0.05, 0.1) is 23.7 Å². The number of para-hydroxylation sites is 1. The van der Waals surface area contributed by atoms with Gasteiger partial charge in [-0.15, -0.1) is 0 Å². The van der Waals surface area contributed by atoms with E-state index in [0.29, 0.717) is 46.0 Å². The molecule has 0 spiro atoms. The summed E-state index contributed by atoms with van der Waals surface area (Å²) in [7, 11) is 1.53. The lowest BCUT2D eigenvalue weighted by atomic mass is 10.2. The number of hydrogen-bond acceptors (Lipinski definition) is 4. The minimum atomic E-state index is -0.168. The highest BCUT2D eigenvalue weighted by atomic mass is 35.5. The largest absolute Gasteiger partial charge is 0.495 e. The van der Waals surface area contributed by atoms with Crippen LogP contribution in [-0.2, 0) is 11.2 Å². The number of benzene rings is 2. The van der Waals surface area contributed by atoms with Crippen LogP contribution in [0.25, 0.3) is 10.9 Å². The molecule has 1 amide bonds. The molecule has 2 aromatic carbocycles. The van der Waals surface area contributed by atoms with Crippen molar-refractivity contribution in [3.05, 3.63) is 63.7 Å². The molecule has 0 aliphatic carbocycles. The van der Waals surface area contributed by atoms with Crippen molar-refractivity contribution in [3.63, 3.8) is 0 Å². The SMILES string of the molecule is COc1ccc(Cl)cc1NC(=O)CCCc1nc2ccccc2c(=O)[nH]1. The Morgan fingerprint density at radius 1 is 1.27 bits per heavy atom. The third-order valence-electron chi connectivity index (χ3n) is 3.91. The van der Waals surface area contributed by atoms with E-state index >= 15 is 0 Å². The molecule has 0 unspecified atom stereocenters. The predicted octanol–water partition coefficient (Wildman–Crippen LogP) is 3.55. The summed E-state index contributed by atoms with van der Waals surface area (Å²) in [6.45, 7) is 0. The third kappa shape index (κ3) is 4.21. The van der Waals surface area contributed by atoms with Crippen LogP contribution < -0.4 is 15.6 Å². The number of aryl methyl sites for hydroxylation is 1. The molecule has 0 radical (unpaired) electrons. The van der Waals surface area contributed by atoms with Gasteiger partial charge in [0.2, 0.25) is 5.91 Å². The van der Waals surface area contributed by atoms with Crippen LogP contribution in [0.3, 0.4) is 0 Å². The summed E-state index contributed by atoms with van der Waals surface area (Å²) in [4.78, 5) is 31.4. The topological polar surface area (TPSA) is 84.1 Å². The Kier molecular flexibility index (Phi) is 5.53. The molecule has 0 aliphatic heterocycles. The van der Waals surface area contributed by atoms with Crippen LogP contribution in [0.15, 0.2) is 47.3 Å². The number of H-pyrrole nitrogens is 1. The lowest BCUT2D eigenvalue weighted by Crippen LogP contribution is -2.14. The minimum absolute atomic E-state index is 0.159. The van der Waals surface area contributed by atoms with Crippen LogP contribution in [0.1, 0.15) is 18.7 Å². The van der Waals surface area contributed by atoms with E-state index in [1.165, 1.54) is 7.11 Å². The van der Waals surface area contributed by atoms with Gasteiger partial charge in [-0.3, -0.25) is 9.59 Å². The second-order valence-corrected chi connectivity index (χ2v) is 6.21. The molecule has 26 heavy (non-hydrogen) atoms. The number of rotatable bonds is 6. The van der Waals surface area contributed by atoms with Crippen LogP contribution in [0.5, 0.6) is 5.75 Å². The molecule has 0 saturated carbocycles. The molecule has 134 valence electrons. The molecule has 0 atom stereocenters. The van der Waals surface area contributed by atoms with E-state index in [4.69, 9.17) is 16.3 Å². The van der Waals surface area contributed by atoms with Crippen molar-refractivity contribution >= 4 is 34.1 Å². The average Bonchev–Trinajstić information content (AvgIpc) is 2.62. The second-order valence-electron chi connectivity index (χ2n) is 5.78. The summed E-state index contributed by atoms with van der Waals surface area (Å²) in [6, 6.07) is 12.2. The van der Waals surface area contributed by atoms with Gasteiger partial charge < -0.3 is 15.0 Å². The predicted molar refractivity (Wildman–Crippen MR) is 102 cm³/mol. The van der Waals surface area contributed by atoms with E-state index in [2.05, 4.69) is 15.3 Å². The average molecular weight is 372 g/mol. The molecule has 1 heterocycles. The van der Waals surface area contributed by atoms with Crippen molar-refractivity contribution in [1.82, 2.24) is 9.97 Å². The van der Waals surface area contributed by atoms with E-state index in [-0.39, 0.29) is 17.9 Å². The highest BCUT2D eigenvalue weighted by Gasteiger charge is 2.09. The summed E-state index contributed by atoms with van der Waals surface area (Å²) < 4.78 is 5.21. The van der Waals surface area contributed by atoms with Gasteiger partial charge in [-0.05, 0) is 36.8 Å². The maximum atomic E-state index is 12.2. The smallest absolute Gasteiger partial charge is 0.258 e. The molecule has 3 rings (SSSR count). The minimum Gasteiger partial charge on any atom is -0.495 e. The summed E-state index contributed by atoms with van der Waals surface area (Å²) >= 11 is 5.96. The summed E-state index contributed by atoms with van der Waals surface area (Å²) in [5, 5.41) is 3.86. The van der Waals surface area contributed by atoms with E-state index < -0.39 is 0 Å². The number of halogens is 1. The van der Waals surface area contributed by atoms with Crippen LogP contribution >= 0.6 is 11.6 Å². The maximum Gasteiger partial charge on any atom is 0.258 e. The normalized spacial score (nSPS) is 10.7. The Morgan fingerprint density at radius 2 is 2.08 bits per heavy atom. The first-order valence-electron chi connectivity index (χ1n) is 8.18. The first kappa shape index (κ1) is 17.9. The highest BCUT2D eigenvalue weighted by molar-refractivity contribution is 6.31. The number of hydrogen-bond donors (Lipinski definition) is 2. The van der Waals surface area contributed by atoms with E-state index in [0.717, 1.165) is 0 Å². The number of nitrogens with one attached hydrogen (secondary N) is 2. The molecule has 7 heteroatoms. The van der Waals surface area contributed by atoms with Crippen LogP contribution in [0, 0.1) is 0 Å². The third-order valence-corrected chi connectivity index (χ3v) is 4.15. The number of ether oxygens (including phenoxy) is 1. The second kappa shape index (κ2) is 8.01. The lowest BCUT2D eigenvalue weighted by molar-refractivity contribution is -0.116. The number of carbonyl (C=O) groups excluding carboxylic acids is 1. The standard InChI is InChI=1S/C19H18ClN3O3/c1-26-16-10-9-12(20)11-15(16)22-18(24)8-4-7-17-21-14-6-3-2-5-13(14)19(25)23-17/h2-3,5-6,9-11H,4,7-8H2,1H3,(H,22,24)(H,21,23,25).